The highest BCUT2D eigenvalue weighted by Gasteiger charge is 2.29. The van der Waals surface area contributed by atoms with Crippen LogP contribution in [0.4, 0.5) is 0 Å². The van der Waals surface area contributed by atoms with E-state index in [9.17, 15) is 29.5 Å². The van der Waals surface area contributed by atoms with E-state index in [1.807, 2.05) is 18.8 Å². The molecule has 6 N–H and O–H groups in total. The molecule has 3 atom stereocenters. The van der Waals surface area contributed by atoms with Crippen molar-refractivity contribution >= 4 is 18.9 Å². The quantitative estimate of drug-likeness (QED) is 0.175. The van der Waals surface area contributed by atoms with Crippen LogP contribution in [0.5, 0.6) is 0 Å². The minimum atomic E-state index is -4.89. The Hall–Kier alpha value is -2.51. The molecule has 14 heteroatoms. The fraction of sp³-hybridized carbons (Fsp3) is 0.412. The maximum atomic E-state index is 12.2. The first kappa shape index (κ1) is 23.2. The lowest BCUT2D eigenvalue weighted by Gasteiger charge is -2.25. The van der Waals surface area contributed by atoms with Gasteiger partial charge in [0, 0.05) is 0 Å². The average Bonchev–Trinajstić information content (AvgIpc) is 2.67. The van der Waals surface area contributed by atoms with Crippen LogP contribution in [0.3, 0.4) is 0 Å². The summed E-state index contributed by atoms with van der Waals surface area (Å²) >= 11 is 0. The molecule has 0 spiro atoms. The molecular weight excluding hydrogens is 437 g/mol. The number of hydrogen-bond acceptors (Lipinski definition) is 9. The summed E-state index contributed by atoms with van der Waals surface area (Å²) in [5.74, 6) is -0.142. The van der Waals surface area contributed by atoms with Gasteiger partial charge in [0.2, 0.25) is 0 Å². The second-order valence-corrected chi connectivity index (χ2v) is 8.34. The summed E-state index contributed by atoms with van der Waals surface area (Å²) in [6.45, 7) is 2.29. The van der Waals surface area contributed by atoms with Crippen molar-refractivity contribution < 1.29 is 34.2 Å². The van der Waals surface area contributed by atoms with Crippen molar-refractivity contribution in [2.24, 2.45) is 0 Å². The van der Waals surface area contributed by atoms with E-state index in [1.54, 1.807) is 12.1 Å². The first-order chi connectivity index (χ1) is 14.4. The Morgan fingerprint density at radius 2 is 1.74 bits per heavy atom. The van der Waals surface area contributed by atoms with Gasteiger partial charge in [0.15, 0.2) is 11.5 Å². The van der Waals surface area contributed by atoms with Gasteiger partial charge in [-0.2, -0.15) is 4.98 Å². The summed E-state index contributed by atoms with van der Waals surface area (Å²) in [6, 6.07) is 3.41. The zero-order chi connectivity index (χ0) is 23.1. The molecule has 1 aromatic carbocycles. The molecule has 0 radical (unpaired) electrons. The highest BCUT2D eigenvalue weighted by Crippen LogP contribution is 2.36. The van der Waals surface area contributed by atoms with Crippen molar-refractivity contribution in [3.63, 3.8) is 0 Å². The summed E-state index contributed by atoms with van der Waals surface area (Å²) in [5, 5.41) is 30.5. The molecule has 2 heterocycles. The second-order valence-electron chi connectivity index (χ2n) is 7.10. The molecule has 0 bridgehead atoms. The summed E-state index contributed by atoms with van der Waals surface area (Å²) in [6.07, 6.45) is -5.40. The second kappa shape index (κ2) is 8.55. The van der Waals surface area contributed by atoms with E-state index in [1.165, 1.54) is 4.57 Å². The Morgan fingerprint density at radius 1 is 1.10 bits per heavy atom. The Labute approximate surface area is 174 Å². The van der Waals surface area contributed by atoms with Crippen LogP contribution in [0.1, 0.15) is 11.1 Å². The average molecular weight is 458 g/mol. The van der Waals surface area contributed by atoms with Crippen molar-refractivity contribution in [2.45, 2.75) is 38.7 Å². The highest BCUT2D eigenvalue weighted by atomic mass is 31.2. The van der Waals surface area contributed by atoms with Crippen LogP contribution in [0, 0.1) is 13.8 Å². The molecular formula is C17H21N4O9P. The molecule has 0 fully saturated rings. The zero-order valence-electron chi connectivity index (χ0n) is 16.5. The molecule has 0 aromatic heterocycles. The fourth-order valence-corrected chi connectivity index (χ4v) is 3.41. The van der Waals surface area contributed by atoms with Crippen molar-refractivity contribution in [2.75, 3.05) is 6.61 Å². The highest BCUT2D eigenvalue weighted by molar-refractivity contribution is 7.46. The molecule has 0 saturated carbocycles. The maximum absolute atomic E-state index is 12.2. The van der Waals surface area contributed by atoms with Gasteiger partial charge >= 0.3 is 13.5 Å². The topological polar surface area (TPSA) is 208 Å². The molecule has 0 saturated heterocycles. The molecule has 13 nitrogen and oxygen atoms in total. The number of aromatic amines is 1. The van der Waals surface area contributed by atoms with E-state index in [-0.39, 0.29) is 11.5 Å². The SMILES string of the molecule is Cc1cc2n[13c]3c(=O)[nH][13c](=O)nc-3n(C[C@H](O)[C@H](O)[C@H](O)COP(=O)(O)O)c2cc1C. The van der Waals surface area contributed by atoms with E-state index < -0.39 is 50.5 Å². The van der Waals surface area contributed by atoms with Gasteiger partial charge in [-0.1, -0.05) is 0 Å². The van der Waals surface area contributed by atoms with Gasteiger partial charge in [0.1, 0.15) is 18.3 Å². The number of aliphatic hydroxyl groups is 3. The molecule has 0 aliphatic carbocycles. The van der Waals surface area contributed by atoms with Crippen LogP contribution >= 0.6 is 7.82 Å². The molecule has 0 unspecified atom stereocenters. The fourth-order valence-electron chi connectivity index (χ4n) is 3.06. The van der Waals surface area contributed by atoms with Gasteiger partial charge in [0.05, 0.1) is 24.2 Å². The monoisotopic (exact) mass is 458 g/mol. The van der Waals surface area contributed by atoms with Gasteiger partial charge in [-0.25, -0.2) is 14.3 Å². The number of aromatic nitrogens is 4. The van der Waals surface area contributed by atoms with Crippen LogP contribution in [0.15, 0.2) is 21.7 Å². The molecule has 31 heavy (non-hydrogen) atoms. The van der Waals surface area contributed by atoms with Crippen molar-refractivity contribution in [1.29, 1.82) is 0 Å². The third kappa shape index (κ3) is 5.05. The number of phosphoric ester groups is 1. The van der Waals surface area contributed by atoms with Gasteiger partial charge in [-0.15, -0.1) is 0 Å². The predicted molar refractivity (Wildman–Crippen MR) is 107 cm³/mol. The van der Waals surface area contributed by atoms with Crippen LogP contribution in [0.25, 0.3) is 22.6 Å². The third-order valence-corrected chi connectivity index (χ3v) is 5.28. The zero-order valence-corrected chi connectivity index (χ0v) is 17.4. The number of hydrogen-bond donors (Lipinski definition) is 6. The van der Waals surface area contributed by atoms with Crippen molar-refractivity contribution in [3.05, 3.63) is 44.1 Å². The number of aliphatic hydroxyl groups excluding tert-OH is 3. The largest absolute Gasteiger partial charge is 0.469 e. The normalized spacial score (nSPS) is 15.3. The number of aryl methyl sites for hydroxylation is 2. The first-order valence-corrected chi connectivity index (χ1v) is 10.6. The van der Waals surface area contributed by atoms with Gasteiger partial charge in [0.25, 0.3) is 5.56 Å². The number of fused-ring (bicyclic) bond motifs is 2. The van der Waals surface area contributed by atoms with Crippen LogP contribution in [-0.2, 0) is 15.6 Å². The molecule has 3 rings (SSSR count). The van der Waals surface area contributed by atoms with Crippen molar-refractivity contribution in [3.8, 4) is 11.5 Å². The summed E-state index contributed by atoms with van der Waals surface area (Å²) in [7, 11) is -4.89. The van der Waals surface area contributed by atoms with Crippen molar-refractivity contribution in [1.82, 2.24) is 19.5 Å². The summed E-state index contributed by atoms with van der Waals surface area (Å²) in [4.78, 5) is 51.5. The van der Waals surface area contributed by atoms with Gasteiger partial charge in [-0.05, 0) is 37.1 Å². The molecule has 2 aliphatic rings. The standard InChI is InChI=1S/C17H21N4O9P/c1-7-3-9-10(4-8(7)2)21(15-13(18-9)16(25)20-17(26)19-15)5-11(22)14(24)12(23)6-30-31(27,28)29/h3-4,11-12,14,22-24H,5-6H2,1-2H3,(H,20,25,26)(H2,27,28,29)/t11-,12+,14-/m0/s1/i13+1,17+1. The van der Waals surface area contributed by atoms with E-state index in [2.05, 4.69) is 14.5 Å². The minimum absolute atomic E-state index is 0.142. The third-order valence-electron chi connectivity index (χ3n) is 4.80. The van der Waals surface area contributed by atoms with E-state index in [4.69, 9.17) is 9.79 Å². The van der Waals surface area contributed by atoms with Crippen LogP contribution in [0.2, 0.25) is 0 Å². The Bertz CT molecular complexity index is 1250. The lowest BCUT2D eigenvalue weighted by molar-refractivity contribution is -0.0793. The Balaban J connectivity index is 2.06. The summed E-state index contributed by atoms with van der Waals surface area (Å²) < 4.78 is 16.2. The minimum Gasteiger partial charge on any atom is -0.388 e. The Kier molecular flexibility index (Phi) is 6.39. The number of benzene rings is 1. The number of nitrogens with one attached hydrogen (secondary N) is 1. The number of H-pyrrole nitrogens is 1. The Morgan fingerprint density at radius 3 is 2.39 bits per heavy atom. The smallest absolute Gasteiger partial charge is 0.388 e. The van der Waals surface area contributed by atoms with E-state index >= 15 is 0 Å². The molecule has 168 valence electrons. The number of rotatable bonds is 7. The van der Waals surface area contributed by atoms with E-state index in [0.717, 1.165) is 11.1 Å². The van der Waals surface area contributed by atoms with Gasteiger partial charge in [-0.3, -0.25) is 14.3 Å². The van der Waals surface area contributed by atoms with Gasteiger partial charge < -0.3 is 29.7 Å². The number of phosphoric acid groups is 1. The molecule has 2 aliphatic heterocycles. The predicted octanol–water partition coefficient (Wildman–Crippen LogP) is -1.61. The van der Waals surface area contributed by atoms with E-state index in [0.29, 0.717) is 11.0 Å². The summed E-state index contributed by atoms with van der Waals surface area (Å²) in [5.41, 5.74) is 0.618. The molecule has 0 amide bonds. The lowest BCUT2D eigenvalue weighted by atomic mass is 10.1. The van der Waals surface area contributed by atoms with Crippen LogP contribution in [-0.4, -0.2) is 69.5 Å². The number of nitrogens with zero attached hydrogens (tertiary/aromatic N) is 3. The van der Waals surface area contributed by atoms with Crippen LogP contribution < -0.4 is 11.2 Å². The lowest BCUT2D eigenvalue weighted by Crippen LogP contribution is -2.42. The maximum Gasteiger partial charge on any atom is 0.469 e. The first-order valence-electron chi connectivity index (χ1n) is 9.03. The molecule has 1 aromatic rings.